The van der Waals surface area contributed by atoms with Crippen LogP contribution in [0.4, 0.5) is 0 Å². The van der Waals surface area contributed by atoms with Gasteiger partial charge in [0.15, 0.2) is 0 Å². The first-order valence-electron chi connectivity index (χ1n) is 8.59. The molecule has 112 valence electrons. The van der Waals surface area contributed by atoms with Gasteiger partial charge in [0.2, 0.25) is 0 Å². The van der Waals surface area contributed by atoms with Crippen LogP contribution in [0, 0.1) is 29.1 Å². The van der Waals surface area contributed by atoms with Crippen LogP contribution in [-0.4, -0.2) is 11.2 Å². The molecule has 0 aromatic carbocycles. The second-order valence-corrected chi connectivity index (χ2v) is 8.31. The summed E-state index contributed by atoms with van der Waals surface area (Å²) in [5, 5.41) is 10.5. The van der Waals surface area contributed by atoms with Crippen molar-refractivity contribution in [2.24, 2.45) is 29.1 Å². The van der Waals surface area contributed by atoms with Gasteiger partial charge in [-0.1, -0.05) is 53.4 Å². The van der Waals surface area contributed by atoms with E-state index in [1.165, 1.54) is 44.9 Å². The molecule has 0 aliphatic heterocycles. The fourth-order valence-corrected chi connectivity index (χ4v) is 4.57. The Balaban J connectivity index is 2.00. The van der Waals surface area contributed by atoms with E-state index in [1.807, 2.05) is 0 Å². The van der Waals surface area contributed by atoms with Gasteiger partial charge in [-0.25, -0.2) is 0 Å². The molecule has 0 bridgehead atoms. The van der Waals surface area contributed by atoms with Gasteiger partial charge in [0.25, 0.3) is 0 Å². The predicted octanol–water partition coefficient (Wildman–Crippen LogP) is 5.03. The van der Waals surface area contributed by atoms with Gasteiger partial charge in [-0.05, 0) is 54.8 Å². The average Bonchev–Trinajstić information content (AvgIpc) is 2.38. The fourth-order valence-electron chi connectivity index (χ4n) is 4.57. The predicted molar refractivity (Wildman–Crippen MR) is 82.0 cm³/mol. The lowest BCUT2D eigenvalue weighted by atomic mass is 9.62. The summed E-state index contributed by atoms with van der Waals surface area (Å²) >= 11 is 0. The molecule has 2 rings (SSSR count). The third kappa shape index (κ3) is 3.74. The number of hydrogen-bond acceptors (Lipinski definition) is 1. The lowest BCUT2D eigenvalue weighted by molar-refractivity contribution is -0.0208. The van der Waals surface area contributed by atoms with Crippen molar-refractivity contribution in [1.82, 2.24) is 0 Å². The Kier molecular flexibility index (Phi) is 4.98. The number of aliphatic hydroxyl groups excluding tert-OH is 1. The van der Waals surface area contributed by atoms with E-state index in [0.717, 1.165) is 24.2 Å². The van der Waals surface area contributed by atoms with Crippen molar-refractivity contribution in [2.45, 2.75) is 85.2 Å². The molecule has 2 fully saturated rings. The summed E-state index contributed by atoms with van der Waals surface area (Å²) in [6.45, 7) is 9.47. The maximum atomic E-state index is 10.5. The van der Waals surface area contributed by atoms with E-state index in [0.29, 0.717) is 11.3 Å². The fraction of sp³-hybridized carbons (Fsp3) is 1.00. The summed E-state index contributed by atoms with van der Waals surface area (Å²) in [5.74, 6) is 3.13. The van der Waals surface area contributed by atoms with E-state index in [-0.39, 0.29) is 6.10 Å². The van der Waals surface area contributed by atoms with E-state index < -0.39 is 0 Å². The molecule has 5 atom stereocenters. The highest BCUT2D eigenvalue weighted by molar-refractivity contribution is 4.90. The maximum Gasteiger partial charge on any atom is 0.0571 e. The van der Waals surface area contributed by atoms with Crippen LogP contribution in [0.3, 0.4) is 0 Å². The zero-order chi connectivity index (χ0) is 14.0. The Labute approximate surface area is 120 Å². The molecular formula is C18H34O. The lowest BCUT2D eigenvalue weighted by Crippen LogP contribution is -2.39. The van der Waals surface area contributed by atoms with E-state index >= 15 is 0 Å². The van der Waals surface area contributed by atoms with Gasteiger partial charge in [0.05, 0.1) is 6.10 Å². The van der Waals surface area contributed by atoms with Crippen LogP contribution < -0.4 is 0 Å². The van der Waals surface area contributed by atoms with Crippen molar-refractivity contribution in [2.75, 3.05) is 0 Å². The number of rotatable bonds is 2. The molecule has 0 saturated heterocycles. The molecule has 0 aromatic rings. The summed E-state index contributed by atoms with van der Waals surface area (Å²) in [7, 11) is 0. The second kappa shape index (κ2) is 6.16. The van der Waals surface area contributed by atoms with Gasteiger partial charge < -0.3 is 5.11 Å². The number of aliphatic hydroxyl groups is 1. The van der Waals surface area contributed by atoms with Crippen LogP contribution in [0.1, 0.15) is 79.1 Å². The third-order valence-corrected chi connectivity index (χ3v) is 6.09. The summed E-state index contributed by atoms with van der Waals surface area (Å²) in [5.41, 5.74) is 0.414. The SMILES string of the molecule is CCC1CCCC(C2CC(C(C)(C)C)CCC2O)C1. The molecule has 19 heavy (non-hydrogen) atoms. The molecular weight excluding hydrogens is 232 g/mol. The minimum atomic E-state index is -0.0146. The third-order valence-electron chi connectivity index (χ3n) is 6.09. The zero-order valence-electron chi connectivity index (χ0n) is 13.5. The normalized spacial score (nSPS) is 41.2. The first-order valence-corrected chi connectivity index (χ1v) is 8.59. The van der Waals surface area contributed by atoms with Gasteiger partial charge in [-0.3, -0.25) is 0 Å². The molecule has 2 aliphatic rings. The number of hydrogen-bond donors (Lipinski definition) is 1. The topological polar surface area (TPSA) is 20.2 Å². The first kappa shape index (κ1) is 15.4. The van der Waals surface area contributed by atoms with Crippen molar-refractivity contribution >= 4 is 0 Å². The molecule has 0 aromatic heterocycles. The molecule has 0 spiro atoms. The van der Waals surface area contributed by atoms with Gasteiger partial charge in [0, 0.05) is 0 Å². The largest absolute Gasteiger partial charge is 0.393 e. The molecule has 1 N–H and O–H groups in total. The van der Waals surface area contributed by atoms with E-state index in [2.05, 4.69) is 27.7 Å². The van der Waals surface area contributed by atoms with Crippen LogP contribution >= 0.6 is 0 Å². The Morgan fingerprint density at radius 2 is 1.74 bits per heavy atom. The van der Waals surface area contributed by atoms with Gasteiger partial charge in [-0.2, -0.15) is 0 Å². The Hall–Kier alpha value is -0.0400. The summed E-state index contributed by atoms with van der Waals surface area (Å²) in [6.07, 6.45) is 10.4. The summed E-state index contributed by atoms with van der Waals surface area (Å²) < 4.78 is 0. The highest BCUT2D eigenvalue weighted by Gasteiger charge is 2.39. The molecule has 0 heterocycles. The molecule has 2 saturated carbocycles. The highest BCUT2D eigenvalue weighted by atomic mass is 16.3. The second-order valence-electron chi connectivity index (χ2n) is 8.31. The lowest BCUT2D eigenvalue weighted by Gasteiger charge is -2.45. The van der Waals surface area contributed by atoms with Crippen LogP contribution in [0.2, 0.25) is 0 Å². The maximum absolute atomic E-state index is 10.5. The van der Waals surface area contributed by atoms with Crippen LogP contribution in [0.5, 0.6) is 0 Å². The molecule has 1 nitrogen and oxygen atoms in total. The van der Waals surface area contributed by atoms with Crippen LogP contribution in [0.25, 0.3) is 0 Å². The van der Waals surface area contributed by atoms with Gasteiger partial charge in [-0.15, -0.1) is 0 Å². The quantitative estimate of drug-likeness (QED) is 0.743. The standard InChI is InChI=1S/C18H34O/c1-5-13-7-6-8-14(11-13)16-12-15(18(2,3)4)9-10-17(16)19/h13-17,19H,5-12H2,1-4H3. The van der Waals surface area contributed by atoms with Crippen LogP contribution in [0.15, 0.2) is 0 Å². The Morgan fingerprint density at radius 3 is 2.37 bits per heavy atom. The van der Waals surface area contributed by atoms with Crippen molar-refractivity contribution in [1.29, 1.82) is 0 Å². The Bertz CT molecular complexity index is 278. The van der Waals surface area contributed by atoms with E-state index in [1.54, 1.807) is 0 Å². The van der Waals surface area contributed by atoms with E-state index in [9.17, 15) is 5.11 Å². The van der Waals surface area contributed by atoms with Crippen molar-refractivity contribution in [3.63, 3.8) is 0 Å². The Morgan fingerprint density at radius 1 is 1.00 bits per heavy atom. The van der Waals surface area contributed by atoms with Crippen molar-refractivity contribution in [3.05, 3.63) is 0 Å². The van der Waals surface area contributed by atoms with Crippen LogP contribution in [-0.2, 0) is 0 Å². The zero-order valence-corrected chi connectivity index (χ0v) is 13.5. The monoisotopic (exact) mass is 266 g/mol. The van der Waals surface area contributed by atoms with E-state index in [4.69, 9.17) is 0 Å². The minimum Gasteiger partial charge on any atom is -0.393 e. The molecule has 1 heteroatoms. The summed E-state index contributed by atoms with van der Waals surface area (Å²) in [4.78, 5) is 0. The van der Waals surface area contributed by atoms with Crippen molar-refractivity contribution < 1.29 is 5.11 Å². The molecule has 2 aliphatic carbocycles. The minimum absolute atomic E-state index is 0.0146. The highest BCUT2D eigenvalue weighted by Crippen LogP contribution is 2.46. The van der Waals surface area contributed by atoms with Crippen molar-refractivity contribution in [3.8, 4) is 0 Å². The summed E-state index contributed by atoms with van der Waals surface area (Å²) in [6, 6.07) is 0. The molecule has 0 amide bonds. The van der Waals surface area contributed by atoms with Gasteiger partial charge >= 0.3 is 0 Å². The molecule has 0 radical (unpaired) electrons. The average molecular weight is 266 g/mol. The first-order chi connectivity index (χ1) is 8.91. The molecule has 5 unspecified atom stereocenters. The van der Waals surface area contributed by atoms with Gasteiger partial charge in [0.1, 0.15) is 0 Å². The smallest absolute Gasteiger partial charge is 0.0571 e.